The van der Waals surface area contributed by atoms with Crippen molar-refractivity contribution < 1.29 is 9.21 Å². The molecule has 1 aliphatic rings. The van der Waals surface area contributed by atoms with Crippen molar-refractivity contribution in [3.63, 3.8) is 0 Å². The number of oxazole rings is 1. The lowest BCUT2D eigenvalue weighted by Crippen LogP contribution is -2.33. The zero-order chi connectivity index (χ0) is 12.7. The van der Waals surface area contributed by atoms with Gasteiger partial charge in [-0.2, -0.15) is 4.98 Å². The van der Waals surface area contributed by atoms with Crippen LogP contribution in [0.3, 0.4) is 0 Å². The molecule has 94 valence electrons. The number of carbonyl (C=O) groups is 1. The van der Waals surface area contributed by atoms with E-state index in [4.69, 9.17) is 16.0 Å². The predicted octanol–water partition coefficient (Wildman–Crippen LogP) is 3.01. The summed E-state index contributed by atoms with van der Waals surface area (Å²) in [6.07, 6.45) is 2.41. The summed E-state index contributed by atoms with van der Waals surface area (Å²) in [5.41, 5.74) is 1.77. The third-order valence-corrected chi connectivity index (χ3v) is 3.47. The zero-order valence-corrected chi connectivity index (χ0v) is 10.7. The number of benzene rings is 1. The Bertz CT molecular complexity index is 604. The van der Waals surface area contributed by atoms with Crippen LogP contribution in [-0.4, -0.2) is 16.9 Å². The second kappa shape index (κ2) is 4.28. The fraction of sp³-hybridized carbons (Fsp3) is 0.385. The summed E-state index contributed by atoms with van der Waals surface area (Å²) in [6.45, 7) is 2.04. The molecule has 2 aromatic rings. The van der Waals surface area contributed by atoms with Crippen molar-refractivity contribution in [1.29, 1.82) is 0 Å². The maximum Gasteiger partial charge on any atom is 0.293 e. The number of nitrogens with zero attached hydrogens (tertiary/aromatic N) is 1. The fourth-order valence-corrected chi connectivity index (χ4v) is 2.22. The molecule has 1 amide bonds. The number of hydrogen-bond acceptors (Lipinski definition) is 3. The highest BCUT2D eigenvalue weighted by Gasteiger charge is 2.29. The maximum atomic E-state index is 12.0. The lowest BCUT2D eigenvalue weighted by atomic mass is 10.1. The third-order valence-electron chi connectivity index (χ3n) is 3.31. The lowest BCUT2D eigenvalue weighted by molar-refractivity contribution is 0.0936. The molecule has 4 nitrogen and oxygen atoms in total. The molecule has 0 aliphatic heterocycles. The average Bonchev–Trinajstić information content (AvgIpc) is 3.10. The van der Waals surface area contributed by atoms with E-state index in [9.17, 15) is 4.79 Å². The van der Waals surface area contributed by atoms with Crippen LogP contribution in [0.1, 0.15) is 30.1 Å². The molecule has 1 fully saturated rings. The second-order valence-electron chi connectivity index (χ2n) is 4.75. The average molecular weight is 265 g/mol. The highest BCUT2D eigenvalue weighted by molar-refractivity contribution is 6.28. The normalized spacial score (nSPS) is 16.8. The fourth-order valence-electron chi connectivity index (χ4n) is 2.04. The zero-order valence-electron chi connectivity index (χ0n) is 9.94. The highest BCUT2D eigenvalue weighted by Crippen LogP contribution is 2.32. The summed E-state index contributed by atoms with van der Waals surface area (Å²) >= 11 is 5.67. The van der Waals surface area contributed by atoms with E-state index < -0.39 is 0 Å². The molecule has 1 N–H and O–H groups in total. The van der Waals surface area contributed by atoms with E-state index in [1.165, 1.54) is 12.8 Å². The molecule has 1 atom stereocenters. The standard InChI is InChI=1S/C13H13ClN2O2/c1-7(8-2-3-8)15-12(17)9-4-5-10-11(6-9)18-13(14)16-10/h4-8H,2-3H2,1H3,(H,15,17)/t7-/m0/s1. The monoisotopic (exact) mass is 264 g/mol. The summed E-state index contributed by atoms with van der Waals surface area (Å²) in [5, 5.41) is 3.09. The first-order chi connectivity index (χ1) is 8.63. The van der Waals surface area contributed by atoms with E-state index in [0.717, 1.165) is 0 Å². The van der Waals surface area contributed by atoms with Gasteiger partial charge in [0.2, 0.25) is 0 Å². The Balaban J connectivity index is 1.81. The summed E-state index contributed by atoms with van der Waals surface area (Å²) < 4.78 is 5.20. The van der Waals surface area contributed by atoms with Gasteiger partial charge in [-0.3, -0.25) is 4.79 Å². The number of nitrogens with one attached hydrogen (secondary N) is 1. The Morgan fingerprint density at radius 2 is 2.33 bits per heavy atom. The Kier molecular flexibility index (Phi) is 2.74. The summed E-state index contributed by atoms with van der Waals surface area (Å²) in [4.78, 5) is 16.0. The van der Waals surface area contributed by atoms with Gasteiger partial charge in [0.1, 0.15) is 5.52 Å². The van der Waals surface area contributed by atoms with Crippen molar-refractivity contribution in [2.45, 2.75) is 25.8 Å². The van der Waals surface area contributed by atoms with E-state index in [1.807, 2.05) is 6.92 Å². The quantitative estimate of drug-likeness (QED) is 0.927. The molecule has 1 aromatic carbocycles. The van der Waals surface area contributed by atoms with Gasteiger partial charge in [0.25, 0.3) is 11.3 Å². The van der Waals surface area contributed by atoms with Gasteiger partial charge >= 0.3 is 0 Å². The molecule has 5 heteroatoms. The number of hydrogen-bond donors (Lipinski definition) is 1. The first-order valence-corrected chi connectivity index (χ1v) is 6.38. The van der Waals surface area contributed by atoms with E-state index in [1.54, 1.807) is 18.2 Å². The molecule has 1 aromatic heterocycles. The highest BCUT2D eigenvalue weighted by atomic mass is 35.5. The topological polar surface area (TPSA) is 55.1 Å². The Labute approximate surface area is 109 Å². The summed E-state index contributed by atoms with van der Waals surface area (Å²) in [7, 11) is 0. The minimum absolute atomic E-state index is 0.0798. The smallest absolute Gasteiger partial charge is 0.293 e. The molecule has 3 rings (SSSR count). The lowest BCUT2D eigenvalue weighted by Gasteiger charge is -2.12. The van der Waals surface area contributed by atoms with Gasteiger partial charge in [0, 0.05) is 11.6 Å². The summed E-state index contributed by atoms with van der Waals surface area (Å²) in [5.74, 6) is 0.557. The summed E-state index contributed by atoms with van der Waals surface area (Å²) in [6, 6.07) is 5.37. The van der Waals surface area contributed by atoms with Crippen LogP contribution < -0.4 is 5.32 Å². The van der Waals surface area contributed by atoms with Crippen molar-refractivity contribution in [2.75, 3.05) is 0 Å². The second-order valence-corrected chi connectivity index (χ2v) is 5.07. The Morgan fingerprint density at radius 1 is 1.56 bits per heavy atom. The Morgan fingerprint density at radius 3 is 3.06 bits per heavy atom. The number of rotatable bonds is 3. The van der Waals surface area contributed by atoms with Crippen molar-refractivity contribution in [2.24, 2.45) is 5.92 Å². The van der Waals surface area contributed by atoms with Crippen LogP contribution >= 0.6 is 11.6 Å². The third kappa shape index (κ3) is 2.20. The number of amides is 1. The maximum absolute atomic E-state index is 12.0. The largest absolute Gasteiger partial charge is 0.428 e. The van der Waals surface area contributed by atoms with Gasteiger partial charge in [0.15, 0.2) is 5.58 Å². The van der Waals surface area contributed by atoms with Gasteiger partial charge < -0.3 is 9.73 Å². The molecule has 0 spiro atoms. The number of aromatic nitrogens is 1. The molecule has 1 aliphatic carbocycles. The van der Waals surface area contributed by atoms with Crippen LogP contribution in [0.4, 0.5) is 0 Å². The molecule has 0 bridgehead atoms. The molecule has 0 saturated heterocycles. The first kappa shape index (κ1) is 11.5. The van der Waals surface area contributed by atoms with E-state index in [-0.39, 0.29) is 17.3 Å². The molecule has 18 heavy (non-hydrogen) atoms. The van der Waals surface area contributed by atoms with Crippen LogP contribution in [-0.2, 0) is 0 Å². The number of halogens is 1. The van der Waals surface area contributed by atoms with Gasteiger partial charge in [-0.25, -0.2) is 0 Å². The SMILES string of the molecule is C[C@H](NC(=O)c1ccc2nc(Cl)oc2c1)C1CC1. The van der Waals surface area contributed by atoms with Gasteiger partial charge in [-0.15, -0.1) is 0 Å². The number of carbonyl (C=O) groups excluding carboxylic acids is 1. The molecule has 1 saturated carbocycles. The van der Waals surface area contributed by atoms with Crippen LogP contribution in [0, 0.1) is 5.92 Å². The minimum atomic E-state index is -0.0798. The number of fused-ring (bicyclic) bond motifs is 1. The van der Waals surface area contributed by atoms with E-state index in [2.05, 4.69) is 10.3 Å². The van der Waals surface area contributed by atoms with E-state index in [0.29, 0.717) is 22.6 Å². The van der Waals surface area contributed by atoms with Crippen molar-refractivity contribution in [3.8, 4) is 0 Å². The van der Waals surface area contributed by atoms with Crippen LogP contribution in [0.25, 0.3) is 11.1 Å². The predicted molar refractivity (Wildman–Crippen MR) is 68.7 cm³/mol. The van der Waals surface area contributed by atoms with Crippen molar-refractivity contribution >= 4 is 28.6 Å². The van der Waals surface area contributed by atoms with E-state index >= 15 is 0 Å². The van der Waals surface area contributed by atoms with Gasteiger partial charge in [0.05, 0.1) is 0 Å². The first-order valence-electron chi connectivity index (χ1n) is 6.00. The van der Waals surface area contributed by atoms with Crippen LogP contribution in [0.15, 0.2) is 22.6 Å². The van der Waals surface area contributed by atoms with Crippen molar-refractivity contribution in [1.82, 2.24) is 10.3 Å². The molecular formula is C13H13ClN2O2. The van der Waals surface area contributed by atoms with Crippen LogP contribution in [0.5, 0.6) is 0 Å². The Hall–Kier alpha value is -1.55. The molecule has 0 radical (unpaired) electrons. The van der Waals surface area contributed by atoms with Crippen LogP contribution in [0.2, 0.25) is 5.35 Å². The van der Waals surface area contributed by atoms with Crippen molar-refractivity contribution in [3.05, 3.63) is 29.1 Å². The molecule has 0 unspecified atom stereocenters. The van der Waals surface area contributed by atoms with Gasteiger partial charge in [-0.1, -0.05) is 0 Å². The van der Waals surface area contributed by atoms with Gasteiger partial charge in [-0.05, 0) is 55.5 Å². The minimum Gasteiger partial charge on any atom is -0.428 e. The molecular weight excluding hydrogens is 252 g/mol. The molecule has 1 heterocycles.